The molecule has 22 atom stereocenters. The van der Waals surface area contributed by atoms with Crippen molar-refractivity contribution in [1.29, 1.82) is 0 Å². The van der Waals surface area contributed by atoms with E-state index in [2.05, 4.69) is 54.5 Å². The van der Waals surface area contributed by atoms with Crippen molar-refractivity contribution in [3.63, 3.8) is 0 Å². The van der Waals surface area contributed by atoms with Crippen LogP contribution in [0.4, 0.5) is 0 Å². The Kier molecular flexibility index (Phi) is 13.1. The Balaban J connectivity index is 1.05. The molecule has 3 heterocycles. The summed E-state index contributed by atoms with van der Waals surface area (Å²) in [7, 11) is 0. The van der Waals surface area contributed by atoms with Gasteiger partial charge in [-0.2, -0.15) is 0 Å². The monoisotopic (exact) mass is 926 g/mol. The number of aliphatic hydroxyl groups excluding tert-OH is 9. The van der Waals surface area contributed by atoms with Gasteiger partial charge in [0.1, 0.15) is 61.0 Å². The predicted molar refractivity (Wildman–Crippen MR) is 225 cm³/mol. The number of aliphatic hydroxyl groups is 9. The molecule has 0 spiro atoms. The molecule has 10 N–H and O–H groups in total. The Hall–Kier alpha value is -1.88. The number of carbonyl (C=O) groups excluding carboxylic acids is 1. The molecule has 7 fully saturated rings. The van der Waals surface area contributed by atoms with E-state index in [4.69, 9.17) is 28.4 Å². The number of carboxylic acids is 1. The van der Waals surface area contributed by atoms with Crippen molar-refractivity contribution in [3.05, 3.63) is 11.6 Å². The number of allylic oxidation sites excluding steroid dienone is 2. The van der Waals surface area contributed by atoms with Crippen LogP contribution in [0.15, 0.2) is 11.6 Å². The Morgan fingerprint density at radius 1 is 0.708 bits per heavy atom. The summed E-state index contributed by atoms with van der Waals surface area (Å²) >= 11 is 0. The number of carbonyl (C=O) groups is 2. The Morgan fingerprint density at radius 3 is 2.06 bits per heavy atom. The van der Waals surface area contributed by atoms with E-state index < -0.39 is 121 Å². The SMILES string of the molecule is CC1(C)CC[C@]2(C(=O)O[C@@H]3O[C@H](CO)[C@@H](O)[C@H](O)[C@H]3O)CC[C@]3(C)C(=CC[C@@H]4[C@@]5(C)CC[C@H](O[C@@H]6O[C@H](C(=O)O)[C@@H](O)[C@H](O)[C@H]6O[C@H]6OC[C@H](O)[C@H](O)[C@H]6O)C(C)(C)[C@@H]5CC[C@]43C)[C@@H]2C1. The minimum absolute atomic E-state index is 0.0713. The number of carboxylic acid groups (broad SMARTS) is 1. The molecule has 8 rings (SSSR count). The van der Waals surface area contributed by atoms with Crippen LogP contribution in [0.2, 0.25) is 0 Å². The van der Waals surface area contributed by atoms with E-state index in [0.29, 0.717) is 19.3 Å². The molecular weight excluding hydrogens is 852 g/mol. The summed E-state index contributed by atoms with van der Waals surface area (Å²) in [6.45, 7) is 14.9. The number of fused-ring (bicyclic) bond motifs is 7. The second-order valence-corrected chi connectivity index (χ2v) is 23.1. The smallest absolute Gasteiger partial charge is 0.335 e. The second kappa shape index (κ2) is 17.2. The summed E-state index contributed by atoms with van der Waals surface area (Å²) in [6.07, 6.45) is -13.7. The Labute approximate surface area is 380 Å². The molecule has 370 valence electrons. The summed E-state index contributed by atoms with van der Waals surface area (Å²) in [6, 6.07) is 0. The summed E-state index contributed by atoms with van der Waals surface area (Å²) in [4.78, 5) is 26.9. The van der Waals surface area contributed by atoms with Crippen molar-refractivity contribution < 1.29 is 89.1 Å². The number of aliphatic carboxylic acids is 1. The van der Waals surface area contributed by atoms with Gasteiger partial charge in [-0.15, -0.1) is 0 Å². The largest absolute Gasteiger partial charge is 0.479 e. The van der Waals surface area contributed by atoms with Gasteiger partial charge >= 0.3 is 11.9 Å². The first-order valence-electron chi connectivity index (χ1n) is 23.7. The Bertz CT molecular complexity index is 1820. The molecule has 0 unspecified atom stereocenters. The van der Waals surface area contributed by atoms with Gasteiger partial charge in [0.05, 0.1) is 24.7 Å². The summed E-state index contributed by atoms with van der Waals surface area (Å²) in [5.41, 5.74) is -0.900. The lowest BCUT2D eigenvalue weighted by atomic mass is 9.33. The van der Waals surface area contributed by atoms with Gasteiger partial charge in [-0.25, -0.2) is 4.79 Å². The molecule has 0 radical (unpaired) electrons. The molecule has 5 aliphatic carbocycles. The third kappa shape index (κ3) is 7.76. The zero-order chi connectivity index (χ0) is 47.6. The van der Waals surface area contributed by atoms with Crippen LogP contribution in [-0.4, -0.2) is 168 Å². The number of esters is 1. The Morgan fingerprint density at radius 2 is 1.38 bits per heavy atom. The van der Waals surface area contributed by atoms with Crippen LogP contribution < -0.4 is 0 Å². The first-order valence-corrected chi connectivity index (χ1v) is 23.7. The van der Waals surface area contributed by atoms with Crippen molar-refractivity contribution in [3.8, 4) is 0 Å². The molecule has 65 heavy (non-hydrogen) atoms. The zero-order valence-electron chi connectivity index (χ0n) is 38.7. The van der Waals surface area contributed by atoms with Crippen LogP contribution in [0.3, 0.4) is 0 Å². The van der Waals surface area contributed by atoms with Gasteiger partial charge in [0.25, 0.3) is 0 Å². The van der Waals surface area contributed by atoms with Crippen LogP contribution in [0.5, 0.6) is 0 Å². The molecule has 3 saturated heterocycles. The molecule has 0 amide bonds. The molecule has 4 saturated carbocycles. The molecule has 18 nitrogen and oxygen atoms in total. The van der Waals surface area contributed by atoms with Gasteiger partial charge in [0.2, 0.25) is 6.29 Å². The van der Waals surface area contributed by atoms with Crippen molar-refractivity contribution in [2.75, 3.05) is 13.2 Å². The van der Waals surface area contributed by atoms with Crippen LogP contribution in [-0.2, 0) is 38.0 Å². The van der Waals surface area contributed by atoms with Crippen LogP contribution in [0.25, 0.3) is 0 Å². The lowest BCUT2D eigenvalue weighted by molar-refractivity contribution is -0.366. The van der Waals surface area contributed by atoms with Gasteiger partial charge in [-0.05, 0) is 109 Å². The van der Waals surface area contributed by atoms with Gasteiger partial charge < -0.3 is 79.5 Å². The van der Waals surface area contributed by atoms with E-state index in [1.807, 2.05) is 0 Å². The highest BCUT2D eigenvalue weighted by Gasteiger charge is 2.70. The van der Waals surface area contributed by atoms with E-state index in [1.54, 1.807) is 0 Å². The molecule has 0 aromatic rings. The summed E-state index contributed by atoms with van der Waals surface area (Å²) in [5, 5.41) is 105. The minimum Gasteiger partial charge on any atom is -0.479 e. The van der Waals surface area contributed by atoms with Gasteiger partial charge in [-0.1, -0.05) is 60.1 Å². The van der Waals surface area contributed by atoms with Gasteiger partial charge in [0.15, 0.2) is 18.7 Å². The predicted octanol–water partition coefficient (Wildman–Crippen LogP) is 0.872. The third-order valence-electron chi connectivity index (χ3n) is 18.9. The lowest BCUT2D eigenvalue weighted by Crippen LogP contribution is -2.67. The fourth-order valence-electron chi connectivity index (χ4n) is 14.7. The highest BCUT2D eigenvalue weighted by atomic mass is 16.8. The number of hydrogen-bond acceptors (Lipinski definition) is 17. The fourth-order valence-corrected chi connectivity index (χ4v) is 14.7. The van der Waals surface area contributed by atoms with E-state index in [0.717, 1.165) is 44.9 Å². The number of hydrogen-bond donors (Lipinski definition) is 10. The molecular formula is C47H74O18. The maximum absolute atomic E-state index is 14.7. The molecule has 0 aromatic carbocycles. The van der Waals surface area contributed by atoms with Crippen LogP contribution in [0, 0.1) is 50.2 Å². The topological polar surface area (TPSA) is 292 Å². The number of ether oxygens (including phenoxy) is 6. The fraction of sp³-hybridized carbons (Fsp3) is 0.915. The molecule has 0 aromatic heterocycles. The first kappa shape index (κ1) is 49.5. The third-order valence-corrected chi connectivity index (χ3v) is 18.9. The van der Waals surface area contributed by atoms with Crippen molar-refractivity contribution in [2.45, 2.75) is 205 Å². The maximum Gasteiger partial charge on any atom is 0.335 e. The molecule has 8 aliphatic rings. The normalized spacial score (nSPS) is 52.7. The van der Waals surface area contributed by atoms with Crippen molar-refractivity contribution >= 4 is 11.9 Å². The van der Waals surface area contributed by atoms with Gasteiger partial charge in [0, 0.05) is 0 Å². The van der Waals surface area contributed by atoms with Crippen molar-refractivity contribution in [2.24, 2.45) is 50.2 Å². The average molecular weight is 927 g/mol. The molecule has 0 bridgehead atoms. The average Bonchev–Trinajstić information content (AvgIpc) is 3.24. The minimum atomic E-state index is -1.92. The van der Waals surface area contributed by atoms with E-state index in [9.17, 15) is 60.7 Å². The van der Waals surface area contributed by atoms with Crippen LogP contribution in [0.1, 0.15) is 113 Å². The first-order chi connectivity index (χ1) is 30.3. The molecule has 3 aliphatic heterocycles. The second-order valence-electron chi connectivity index (χ2n) is 23.1. The quantitative estimate of drug-likeness (QED) is 0.0918. The zero-order valence-corrected chi connectivity index (χ0v) is 38.7. The van der Waals surface area contributed by atoms with Crippen molar-refractivity contribution in [1.82, 2.24) is 0 Å². The van der Waals surface area contributed by atoms with E-state index >= 15 is 0 Å². The van der Waals surface area contributed by atoms with E-state index in [-0.39, 0.29) is 46.0 Å². The lowest BCUT2D eigenvalue weighted by Gasteiger charge is -2.71. The number of rotatable bonds is 8. The highest BCUT2D eigenvalue weighted by Crippen LogP contribution is 2.76. The van der Waals surface area contributed by atoms with E-state index in [1.165, 1.54) is 5.57 Å². The maximum atomic E-state index is 14.7. The van der Waals surface area contributed by atoms with Crippen LogP contribution >= 0.6 is 0 Å². The standard InChI is InChI=1S/C47H74O18/c1-42(2)14-16-47(41(59)65-39-34(56)30(52)29(51)24(19-48)61-39)17-15-45(6)21(22(47)18-42)8-9-26-44(5)12-11-27(43(3,4)25(44)10-13-46(26,45)7)62-40-36(32(54)31(53)35(63-40)37(57)58)64-38-33(55)28(50)23(49)20-60-38/h8,22-36,38-40,48-56H,9-20H2,1-7H3,(H,57,58)/t22-,23-,24+,25-,26+,27-,28-,29+,30-,31-,32-,33+,34+,35-,36+,38+,39-,40+,44-,45+,46+,47-/m0/s1. The summed E-state index contributed by atoms with van der Waals surface area (Å²) < 4.78 is 35.5. The summed E-state index contributed by atoms with van der Waals surface area (Å²) in [5.74, 6) is -1.83. The molecule has 18 heteroatoms. The highest BCUT2D eigenvalue weighted by molar-refractivity contribution is 5.79. The van der Waals surface area contributed by atoms with Gasteiger partial charge in [-0.3, -0.25) is 4.79 Å².